The maximum absolute atomic E-state index is 12.0. The van der Waals surface area contributed by atoms with E-state index in [0.29, 0.717) is 0 Å². The molecule has 1 aliphatic rings. The fourth-order valence-corrected chi connectivity index (χ4v) is 1.06. The molecule has 0 spiro atoms. The minimum atomic E-state index is -1.65. The molecule has 0 amide bonds. The van der Waals surface area contributed by atoms with Gasteiger partial charge in [-0.25, -0.2) is 4.39 Å². The summed E-state index contributed by atoms with van der Waals surface area (Å²) in [5.74, 6) is 0. The highest BCUT2D eigenvalue weighted by Gasteiger charge is 2.42. The Morgan fingerprint density at radius 1 is 1.00 bits per heavy atom. The van der Waals surface area contributed by atoms with Gasteiger partial charge in [0.15, 0.2) is 6.29 Å². The molecule has 6 heteroatoms. The summed E-state index contributed by atoms with van der Waals surface area (Å²) in [5.41, 5.74) is 0. The van der Waals surface area contributed by atoms with Crippen molar-refractivity contribution in [2.45, 2.75) is 30.7 Å². The highest BCUT2D eigenvalue weighted by atomic mass is 19.1. The van der Waals surface area contributed by atoms with Crippen LogP contribution in [0.3, 0.4) is 0 Å². The lowest BCUT2D eigenvalue weighted by atomic mass is 10.00. The summed E-state index contributed by atoms with van der Waals surface area (Å²) in [6.07, 6.45) is -7.60. The molecule has 0 radical (unpaired) electrons. The van der Waals surface area contributed by atoms with Crippen LogP contribution < -0.4 is 0 Å². The van der Waals surface area contributed by atoms with Gasteiger partial charge in [-0.3, -0.25) is 0 Å². The summed E-state index contributed by atoms with van der Waals surface area (Å²) in [7, 11) is 0. The molecule has 0 bridgehead atoms. The van der Waals surface area contributed by atoms with Gasteiger partial charge in [0.1, 0.15) is 31.1 Å². The Balaban J connectivity index is 2.63. The first-order valence-electron chi connectivity index (χ1n) is 3.51. The van der Waals surface area contributed by atoms with Crippen molar-refractivity contribution in [3.63, 3.8) is 0 Å². The average molecular weight is 182 g/mol. The van der Waals surface area contributed by atoms with Crippen molar-refractivity contribution < 1.29 is 29.6 Å². The van der Waals surface area contributed by atoms with Crippen molar-refractivity contribution in [1.82, 2.24) is 0 Å². The van der Waals surface area contributed by atoms with E-state index in [1.54, 1.807) is 0 Å². The maximum Gasteiger partial charge on any atom is 0.184 e. The highest BCUT2D eigenvalue weighted by Crippen LogP contribution is 2.19. The van der Waals surface area contributed by atoms with Crippen molar-refractivity contribution in [3.8, 4) is 0 Å². The van der Waals surface area contributed by atoms with E-state index in [2.05, 4.69) is 4.74 Å². The molecular formula is C6H11FO5. The van der Waals surface area contributed by atoms with Crippen LogP contribution in [-0.4, -0.2) is 57.8 Å². The molecule has 3 unspecified atom stereocenters. The Kier molecular flexibility index (Phi) is 2.97. The van der Waals surface area contributed by atoms with Crippen LogP contribution in [0.25, 0.3) is 0 Å². The summed E-state index contributed by atoms with van der Waals surface area (Å²) in [5, 5.41) is 35.8. The predicted molar refractivity (Wildman–Crippen MR) is 34.9 cm³/mol. The second kappa shape index (κ2) is 3.63. The fourth-order valence-electron chi connectivity index (χ4n) is 1.06. The van der Waals surface area contributed by atoms with Crippen LogP contribution in [0, 0.1) is 0 Å². The molecule has 0 saturated carbocycles. The quantitative estimate of drug-likeness (QED) is 0.368. The van der Waals surface area contributed by atoms with E-state index in [0.717, 1.165) is 0 Å². The Morgan fingerprint density at radius 3 is 2.08 bits per heavy atom. The zero-order valence-electron chi connectivity index (χ0n) is 6.17. The van der Waals surface area contributed by atoms with Crippen molar-refractivity contribution >= 4 is 0 Å². The van der Waals surface area contributed by atoms with Crippen LogP contribution in [0.5, 0.6) is 0 Å². The number of aliphatic hydroxyl groups excluding tert-OH is 4. The smallest absolute Gasteiger partial charge is 0.184 e. The largest absolute Gasteiger partial charge is 0.387 e. The zero-order valence-corrected chi connectivity index (χ0v) is 6.17. The topological polar surface area (TPSA) is 90.2 Å². The van der Waals surface area contributed by atoms with Gasteiger partial charge in [0.05, 0.1) is 0 Å². The van der Waals surface area contributed by atoms with Gasteiger partial charge in [-0.2, -0.15) is 0 Å². The van der Waals surface area contributed by atoms with E-state index in [-0.39, 0.29) is 0 Å². The van der Waals surface area contributed by atoms with Crippen LogP contribution in [0.2, 0.25) is 0 Å². The lowest BCUT2D eigenvalue weighted by Gasteiger charge is -2.37. The predicted octanol–water partition coefficient (Wildman–Crippen LogP) is -2.24. The van der Waals surface area contributed by atoms with Crippen LogP contribution in [0.4, 0.5) is 4.39 Å². The van der Waals surface area contributed by atoms with E-state index in [1.165, 1.54) is 0 Å². The lowest BCUT2D eigenvalue weighted by molar-refractivity contribution is -0.283. The van der Waals surface area contributed by atoms with Gasteiger partial charge in [-0.05, 0) is 0 Å². The number of hydrogen-bond acceptors (Lipinski definition) is 5. The number of rotatable bonds is 1. The number of aliphatic hydroxyl groups is 4. The van der Waals surface area contributed by atoms with Gasteiger partial charge in [-0.15, -0.1) is 0 Å². The molecular weight excluding hydrogens is 171 g/mol. The Morgan fingerprint density at radius 2 is 1.58 bits per heavy atom. The summed E-state index contributed by atoms with van der Waals surface area (Å²) >= 11 is 0. The van der Waals surface area contributed by atoms with Gasteiger partial charge in [-0.1, -0.05) is 0 Å². The molecule has 12 heavy (non-hydrogen) atoms. The number of ether oxygens (including phenoxy) is 1. The molecule has 1 aliphatic heterocycles. The van der Waals surface area contributed by atoms with E-state index in [4.69, 9.17) is 20.4 Å². The van der Waals surface area contributed by atoms with Crippen LogP contribution in [-0.2, 0) is 4.74 Å². The maximum atomic E-state index is 12.0. The molecule has 1 saturated heterocycles. The normalized spacial score (nSPS) is 49.2. The summed E-state index contributed by atoms with van der Waals surface area (Å²) < 4.78 is 16.5. The van der Waals surface area contributed by atoms with Crippen LogP contribution >= 0.6 is 0 Å². The van der Waals surface area contributed by atoms with Gasteiger partial charge >= 0.3 is 0 Å². The SMILES string of the molecule is OC1OC(CF)[C@@H](O)[C@H](O)C1O. The first-order valence-corrected chi connectivity index (χ1v) is 3.51. The highest BCUT2D eigenvalue weighted by molar-refractivity contribution is 4.88. The standard InChI is InChI=1S/C6H11FO5/c7-1-2-3(8)4(9)5(10)6(11)12-2/h2-6,8-11H,1H2/t2?,3-,4+,5?,6?/m1/s1. The molecule has 72 valence electrons. The van der Waals surface area contributed by atoms with Crippen molar-refractivity contribution in [1.29, 1.82) is 0 Å². The Labute approximate surface area is 68.0 Å². The number of halogens is 1. The average Bonchev–Trinajstić information content (AvgIpc) is 2.08. The first kappa shape index (κ1) is 9.82. The van der Waals surface area contributed by atoms with Crippen molar-refractivity contribution in [2.24, 2.45) is 0 Å². The molecule has 1 heterocycles. The second-order valence-electron chi connectivity index (χ2n) is 2.69. The minimum absolute atomic E-state index is 1.03. The van der Waals surface area contributed by atoms with Crippen LogP contribution in [0.15, 0.2) is 0 Å². The Bertz CT molecular complexity index is 150. The third-order valence-corrected chi connectivity index (χ3v) is 1.84. The van der Waals surface area contributed by atoms with Crippen LogP contribution in [0.1, 0.15) is 0 Å². The monoisotopic (exact) mass is 182 g/mol. The summed E-state index contributed by atoms with van der Waals surface area (Å²) in [6, 6.07) is 0. The number of alkyl halides is 1. The third kappa shape index (κ3) is 1.57. The molecule has 5 atom stereocenters. The molecule has 0 aromatic rings. The Hall–Kier alpha value is -0.270. The van der Waals surface area contributed by atoms with E-state index < -0.39 is 37.4 Å². The van der Waals surface area contributed by atoms with E-state index in [1.807, 2.05) is 0 Å². The van der Waals surface area contributed by atoms with E-state index >= 15 is 0 Å². The van der Waals surface area contributed by atoms with Crippen molar-refractivity contribution in [2.75, 3.05) is 6.67 Å². The molecule has 5 nitrogen and oxygen atoms in total. The fraction of sp³-hybridized carbons (Fsp3) is 1.00. The molecule has 1 rings (SSSR count). The molecule has 0 aromatic carbocycles. The minimum Gasteiger partial charge on any atom is -0.387 e. The zero-order chi connectivity index (χ0) is 9.30. The molecule has 4 N–H and O–H groups in total. The molecule has 0 aliphatic carbocycles. The molecule has 0 aromatic heterocycles. The van der Waals surface area contributed by atoms with Gasteiger partial charge < -0.3 is 25.2 Å². The van der Waals surface area contributed by atoms with Gasteiger partial charge in [0.2, 0.25) is 0 Å². The van der Waals surface area contributed by atoms with Crippen molar-refractivity contribution in [3.05, 3.63) is 0 Å². The van der Waals surface area contributed by atoms with E-state index in [9.17, 15) is 4.39 Å². The molecule has 1 fully saturated rings. The second-order valence-corrected chi connectivity index (χ2v) is 2.69. The number of hydrogen-bond donors (Lipinski definition) is 4. The van der Waals surface area contributed by atoms with Gasteiger partial charge in [0.25, 0.3) is 0 Å². The third-order valence-electron chi connectivity index (χ3n) is 1.84. The lowest BCUT2D eigenvalue weighted by Crippen LogP contribution is -2.58. The summed E-state index contributed by atoms with van der Waals surface area (Å²) in [6.45, 7) is -1.03. The van der Waals surface area contributed by atoms with Gasteiger partial charge in [0, 0.05) is 0 Å². The first-order chi connectivity index (χ1) is 5.57. The summed E-state index contributed by atoms with van der Waals surface area (Å²) in [4.78, 5) is 0.